The highest BCUT2D eigenvalue weighted by Gasteiger charge is 2.34. The minimum atomic E-state index is -0.850. The minimum absolute atomic E-state index is 0.850. The zero-order valence-corrected chi connectivity index (χ0v) is 9.20. The zero-order valence-electron chi connectivity index (χ0n) is 9.20. The van der Waals surface area contributed by atoms with Crippen molar-refractivity contribution in [3.8, 4) is 11.1 Å². The number of benzene rings is 2. The van der Waals surface area contributed by atoms with Crippen LogP contribution in [0.4, 0.5) is 0 Å². The molecule has 2 aromatic rings. The molecule has 72 valence electrons. The van der Waals surface area contributed by atoms with Crippen LogP contribution in [0.5, 0.6) is 0 Å². The van der Waals surface area contributed by atoms with Gasteiger partial charge in [0.25, 0.3) is 0 Å². The maximum Gasteiger partial charge on any atom is 0.0746 e. The van der Waals surface area contributed by atoms with Crippen LogP contribution in [0.25, 0.3) is 11.1 Å². The second-order valence-electron chi connectivity index (χ2n) is 4.41. The van der Waals surface area contributed by atoms with Gasteiger partial charge in [0.05, 0.1) is 15.7 Å². The Morgan fingerprint density at radius 2 is 1.56 bits per heavy atom. The van der Waals surface area contributed by atoms with Crippen molar-refractivity contribution in [2.45, 2.75) is 12.1 Å². The quantitative estimate of drug-likeness (QED) is 0.573. The molecule has 2 aromatic carbocycles. The van der Waals surface area contributed by atoms with Crippen molar-refractivity contribution >= 4 is 15.7 Å². The Kier molecular flexibility index (Phi) is 1.85. The van der Waals surface area contributed by atoms with Crippen LogP contribution in [-0.4, -0.2) is 15.7 Å². The van der Waals surface area contributed by atoms with Crippen LogP contribution < -0.4 is 0 Å². The highest BCUT2D eigenvalue weighted by molar-refractivity contribution is 6.44. The molecular weight excluding hydrogens is 190 g/mol. The topological polar surface area (TPSA) is 0 Å². The first-order valence-corrected chi connectivity index (χ1v) is 5.40. The fourth-order valence-corrected chi connectivity index (χ4v) is 2.65. The lowest BCUT2D eigenvalue weighted by Gasteiger charge is -2.24. The van der Waals surface area contributed by atoms with E-state index in [9.17, 15) is 0 Å². The number of hydrogen-bond donors (Lipinski definition) is 0. The lowest BCUT2D eigenvalue weighted by Crippen LogP contribution is -2.26. The predicted octanol–water partition coefficient (Wildman–Crippen LogP) is 2.51. The fourth-order valence-electron chi connectivity index (χ4n) is 2.65. The number of aryl methyl sites for hydroxylation is 1. The summed E-state index contributed by atoms with van der Waals surface area (Å²) in [5.41, 5.74) is 5.54. The van der Waals surface area contributed by atoms with Crippen LogP contribution in [0.15, 0.2) is 42.5 Å². The summed E-state index contributed by atoms with van der Waals surface area (Å²) in [7, 11) is 12.6. The molecule has 0 saturated carbocycles. The van der Waals surface area contributed by atoms with E-state index >= 15 is 0 Å². The highest BCUT2D eigenvalue weighted by Crippen LogP contribution is 2.46. The molecule has 0 unspecified atom stereocenters. The summed E-state index contributed by atoms with van der Waals surface area (Å²) in [5, 5.41) is -0.850. The molecule has 0 atom stereocenters. The van der Waals surface area contributed by atoms with Gasteiger partial charge >= 0.3 is 0 Å². The van der Waals surface area contributed by atoms with Crippen molar-refractivity contribution in [3.63, 3.8) is 0 Å². The average Bonchev–Trinajstić information content (AvgIpc) is 2.50. The van der Waals surface area contributed by atoms with Crippen LogP contribution >= 0.6 is 0 Å². The Bertz CT molecular complexity index is 571. The Morgan fingerprint density at radius 3 is 2.38 bits per heavy atom. The van der Waals surface area contributed by atoms with Crippen LogP contribution in [-0.2, 0) is 5.21 Å². The van der Waals surface area contributed by atoms with Gasteiger partial charge in [-0.3, -0.25) is 0 Å². The summed E-state index contributed by atoms with van der Waals surface area (Å²) in [6.45, 7) is 2.05. The molecule has 0 nitrogen and oxygen atoms in total. The first-order valence-electron chi connectivity index (χ1n) is 5.40. The largest absolute Gasteiger partial charge is 0.0746 e. The van der Waals surface area contributed by atoms with Crippen molar-refractivity contribution in [1.82, 2.24) is 0 Å². The molecule has 0 heterocycles. The Labute approximate surface area is 98.5 Å². The number of hydrogen-bond acceptors (Lipinski definition) is 0. The predicted molar refractivity (Wildman–Crippen MR) is 68.9 cm³/mol. The molecule has 3 rings (SSSR count). The van der Waals surface area contributed by atoms with Crippen molar-refractivity contribution in [2.24, 2.45) is 0 Å². The molecule has 0 aliphatic heterocycles. The van der Waals surface area contributed by atoms with E-state index in [4.69, 9.17) is 15.7 Å². The molecule has 4 radical (unpaired) electrons. The van der Waals surface area contributed by atoms with Gasteiger partial charge in [-0.25, -0.2) is 0 Å². The van der Waals surface area contributed by atoms with Crippen LogP contribution in [0.2, 0.25) is 0 Å². The van der Waals surface area contributed by atoms with Crippen LogP contribution in [0.3, 0.4) is 0 Å². The monoisotopic (exact) mass is 200 g/mol. The van der Waals surface area contributed by atoms with E-state index in [0.717, 1.165) is 22.3 Å². The summed E-state index contributed by atoms with van der Waals surface area (Å²) in [5.74, 6) is 0. The van der Waals surface area contributed by atoms with E-state index < -0.39 is 5.21 Å². The van der Waals surface area contributed by atoms with Crippen molar-refractivity contribution in [1.29, 1.82) is 0 Å². The van der Waals surface area contributed by atoms with Crippen molar-refractivity contribution < 1.29 is 0 Å². The minimum Gasteiger partial charge on any atom is -0.0620 e. The summed E-state index contributed by atoms with van der Waals surface area (Å²) in [6, 6.07) is 14.3. The van der Waals surface area contributed by atoms with Gasteiger partial charge in [-0.2, -0.15) is 0 Å². The Morgan fingerprint density at radius 1 is 0.875 bits per heavy atom. The lowest BCUT2D eigenvalue weighted by atomic mass is 9.49. The van der Waals surface area contributed by atoms with E-state index in [1.807, 2.05) is 24.3 Å². The maximum absolute atomic E-state index is 6.28. The van der Waals surface area contributed by atoms with Crippen molar-refractivity contribution in [2.75, 3.05) is 0 Å². The Hall–Kier alpha value is -1.43. The average molecular weight is 200 g/mol. The van der Waals surface area contributed by atoms with Gasteiger partial charge in [-0.1, -0.05) is 47.7 Å². The second-order valence-corrected chi connectivity index (χ2v) is 4.41. The van der Waals surface area contributed by atoms with Crippen LogP contribution in [0, 0.1) is 6.92 Å². The van der Waals surface area contributed by atoms with Gasteiger partial charge in [0.2, 0.25) is 0 Å². The Balaban J connectivity index is 2.44. The molecule has 1 aliphatic carbocycles. The molecule has 0 saturated heterocycles. The molecule has 2 heteroatoms. The van der Waals surface area contributed by atoms with E-state index in [0.29, 0.717) is 0 Å². The normalized spacial score (nSPS) is 15.6. The van der Waals surface area contributed by atoms with Gasteiger partial charge in [0, 0.05) is 0 Å². The van der Waals surface area contributed by atoms with E-state index in [2.05, 4.69) is 25.1 Å². The van der Waals surface area contributed by atoms with Gasteiger partial charge in [0.15, 0.2) is 0 Å². The van der Waals surface area contributed by atoms with Gasteiger partial charge in [0.1, 0.15) is 0 Å². The second kappa shape index (κ2) is 3.04. The van der Waals surface area contributed by atoms with Crippen LogP contribution in [0.1, 0.15) is 16.7 Å². The third kappa shape index (κ3) is 1.07. The lowest BCUT2D eigenvalue weighted by molar-refractivity contribution is 1.06. The standard InChI is InChI=1S/C14H10B2/c1-9-5-4-7-11-10-6-2-3-8-12(10)14(15,16)13(9)11/h2-8H,1H3. The molecule has 16 heavy (non-hydrogen) atoms. The first-order chi connectivity index (χ1) is 7.62. The summed E-state index contributed by atoms with van der Waals surface area (Å²) < 4.78 is 0. The summed E-state index contributed by atoms with van der Waals surface area (Å²) in [6.07, 6.45) is 0. The summed E-state index contributed by atoms with van der Waals surface area (Å²) >= 11 is 0. The number of rotatable bonds is 0. The molecule has 0 spiro atoms. The molecule has 0 fully saturated rings. The summed E-state index contributed by atoms with van der Waals surface area (Å²) in [4.78, 5) is 0. The van der Waals surface area contributed by atoms with Gasteiger partial charge < -0.3 is 0 Å². The molecule has 1 aliphatic rings. The molecule has 0 bridgehead atoms. The molecule has 0 N–H and O–H groups in total. The SMILES string of the molecule is [B]C1([B])c2ccccc2-c2cccc(C)c21. The molecule has 0 aromatic heterocycles. The van der Waals surface area contributed by atoms with E-state index in [-0.39, 0.29) is 0 Å². The smallest absolute Gasteiger partial charge is 0.0620 e. The third-order valence-electron chi connectivity index (χ3n) is 3.35. The van der Waals surface area contributed by atoms with Gasteiger partial charge in [-0.15, -0.1) is 0 Å². The van der Waals surface area contributed by atoms with Gasteiger partial charge in [-0.05, 0) is 34.7 Å². The zero-order chi connectivity index (χ0) is 11.3. The van der Waals surface area contributed by atoms with E-state index in [1.54, 1.807) is 0 Å². The fraction of sp³-hybridized carbons (Fsp3) is 0.143. The highest BCUT2D eigenvalue weighted by atomic mass is 14.3. The van der Waals surface area contributed by atoms with Crippen molar-refractivity contribution in [3.05, 3.63) is 59.2 Å². The third-order valence-corrected chi connectivity index (χ3v) is 3.35. The molecule has 0 amide bonds. The number of fused-ring (bicyclic) bond motifs is 3. The first kappa shape index (κ1) is 9.77. The van der Waals surface area contributed by atoms with E-state index in [1.165, 1.54) is 5.56 Å². The molecular formula is C14H10B2. The maximum atomic E-state index is 6.28.